The number of aromatic nitrogens is 2. The third-order valence-electron chi connectivity index (χ3n) is 4.30. The first-order chi connectivity index (χ1) is 9.71. The molecule has 1 fully saturated rings. The minimum absolute atomic E-state index is 0.224. The van der Waals surface area contributed by atoms with Gasteiger partial charge in [0.25, 0.3) is 0 Å². The van der Waals surface area contributed by atoms with E-state index >= 15 is 0 Å². The SMILES string of the molecule is CCOc1ncnc(NCC2(CN)CCCCC2)c1C. The number of nitrogens with two attached hydrogens (primary N) is 1. The Morgan fingerprint density at radius 2 is 2.05 bits per heavy atom. The molecule has 0 unspecified atom stereocenters. The summed E-state index contributed by atoms with van der Waals surface area (Å²) in [5.74, 6) is 1.53. The molecule has 3 N–H and O–H groups in total. The number of hydrogen-bond donors (Lipinski definition) is 2. The third-order valence-corrected chi connectivity index (χ3v) is 4.30. The van der Waals surface area contributed by atoms with Crippen LogP contribution in [0.4, 0.5) is 5.82 Å². The molecule has 1 saturated carbocycles. The predicted octanol–water partition coefficient (Wildman–Crippen LogP) is 2.50. The fourth-order valence-corrected chi connectivity index (χ4v) is 2.92. The van der Waals surface area contributed by atoms with E-state index in [1.807, 2.05) is 13.8 Å². The smallest absolute Gasteiger partial charge is 0.221 e. The lowest BCUT2D eigenvalue weighted by atomic mass is 9.74. The summed E-state index contributed by atoms with van der Waals surface area (Å²) < 4.78 is 5.50. The second-order valence-corrected chi connectivity index (χ2v) is 5.70. The molecule has 0 bridgehead atoms. The molecule has 0 aromatic carbocycles. The zero-order valence-electron chi connectivity index (χ0n) is 12.6. The molecule has 1 aliphatic rings. The van der Waals surface area contributed by atoms with Crippen LogP contribution < -0.4 is 15.8 Å². The van der Waals surface area contributed by atoms with Gasteiger partial charge in [-0.25, -0.2) is 9.97 Å². The highest BCUT2D eigenvalue weighted by Crippen LogP contribution is 2.35. The van der Waals surface area contributed by atoms with Gasteiger partial charge >= 0.3 is 0 Å². The number of nitrogens with one attached hydrogen (secondary N) is 1. The van der Waals surface area contributed by atoms with Gasteiger partial charge in [0.05, 0.1) is 12.2 Å². The summed E-state index contributed by atoms with van der Waals surface area (Å²) in [6.07, 6.45) is 7.87. The van der Waals surface area contributed by atoms with E-state index in [1.54, 1.807) is 6.33 Å². The fourth-order valence-electron chi connectivity index (χ4n) is 2.92. The highest BCUT2D eigenvalue weighted by Gasteiger charge is 2.30. The lowest BCUT2D eigenvalue weighted by Gasteiger charge is -2.36. The van der Waals surface area contributed by atoms with Gasteiger partial charge in [-0.1, -0.05) is 19.3 Å². The van der Waals surface area contributed by atoms with Crippen LogP contribution in [0.5, 0.6) is 5.88 Å². The van der Waals surface area contributed by atoms with Gasteiger partial charge in [0.1, 0.15) is 12.1 Å². The van der Waals surface area contributed by atoms with Gasteiger partial charge in [-0.3, -0.25) is 0 Å². The van der Waals surface area contributed by atoms with Crippen LogP contribution in [-0.2, 0) is 0 Å². The maximum absolute atomic E-state index is 6.02. The van der Waals surface area contributed by atoms with Crippen molar-refractivity contribution in [1.29, 1.82) is 0 Å². The van der Waals surface area contributed by atoms with Crippen molar-refractivity contribution in [3.63, 3.8) is 0 Å². The Balaban J connectivity index is 2.04. The van der Waals surface area contributed by atoms with Gasteiger partial charge in [-0.05, 0) is 38.6 Å². The quantitative estimate of drug-likeness (QED) is 0.836. The molecule has 112 valence electrons. The number of rotatable bonds is 6. The van der Waals surface area contributed by atoms with E-state index in [9.17, 15) is 0 Å². The molecular formula is C15H26N4O. The molecule has 5 heteroatoms. The lowest BCUT2D eigenvalue weighted by Crippen LogP contribution is -2.39. The van der Waals surface area contributed by atoms with E-state index in [1.165, 1.54) is 32.1 Å². The molecule has 5 nitrogen and oxygen atoms in total. The van der Waals surface area contributed by atoms with Gasteiger partial charge < -0.3 is 15.8 Å². The summed E-state index contributed by atoms with van der Waals surface area (Å²) in [5, 5.41) is 3.46. The van der Waals surface area contributed by atoms with Crippen molar-refractivity contribution < 1.29 is 4.74 Å². The maximum Gasteiger partial charge on any atom is 0.221 e. The Morgan fingerprint density at radius 1 is 1.30 bits per heavy atom. The maximum atomic E-state index is 6.02. The van der Waals surface area contributed by atoms with Crippen molar-refractivity contribution in [3.05, 3.63) is 11.9 Å². The first-order valence-corrected chi connectivity index (χ1v) is 7.59. The second-order valence-electron chi connectivity index (χ2n) is 5.70. The highest BCUT2D eigenvalue weighted by molar-refractivity contribution is 5.47. The second kappa shape index (κ2) is 6.88. The van der Waals surface area contributed by atoms with Gasteiger partial charge in [0.15, 0.2) is 0 Å². The van der Waals surface area contributed by atoms with Gasteiger partial charge in [-0.15, -0.1) is 0 Å². The van der Waals surface area contributed by atoms with Gasteiger partial charge in [0.2, 0.25) is 5.88 Å². The largest absolute Gasteiger partial charge is 0.478 e. The molecule has 0 saturated heterocycles. The Labute approximate surface area is 121 Å². The van der Waals surface area contributed by atoms with Crippen LogP contribution in [-0.4, -0.2) is 29.7 Å². The fraction of sp³-hybridized carbons (Fsp3) is 0.733. The Morgan fingerprint density at radius 3 is 2.70 bits per heavy atom. The molecule has 0 amide bonds. The summed E-state index contributed by atoms with van der Waals surface area (Å²) in [5.41, 5.74) is 7.21. The molecule has 0 radical (unpaired) electrons. The Kier molecular flexibility index (Phi) is 5.17. The van der Waals surface area contributed by atoms with Crippen molar-refractivity contribution in [1.82, 2.24) is 9.97 Å². The van der Waals surface area contributed by atoms with Gasteiger partial charge in [-0.2, -0.15) is 0 Å². The molecule has 1 heterocycles. The summed E-state index contributed by atoms with van der Waals surface area (Å²) in [4.78, 5) is 8.49. The summed E-state index contributed by atoms with van der Waals surface area (Å²) in [7, 11) is 0. The van der Waals surface area contributed by atoms with Crippen molar-refractivity contribution in [2.24, 2.45) is 11.1 Å². The molecule has 20 heavy (non-hydrogen) atoms. The van der Waals surface area contributed by atoms with Crippen LogP contribution in [0.2, 0.25) is 0 Å². The lowest BCUT2D eigenvalue weighted by molar-refractivity contribution is 0.215. The van der Waals surface area contributed by atoms with Crippen molar-refractivity contribution in [2.45, 2.75) is 46.0 Å². The number of nitrogens with zero attached hydrogens (tertiary/aromatic N) is 2. The topological polar surface area (TPSA) is 73.1 Å². The molecular weight excluding hydrogens is 252 g/mol. The average Bonchev–Trinajstić information content (AvgIpc) is 2.49. The summed E-state index contributed by atoms with van der Waals surface area (Å²) in [6, 6.07) is 0. The highest BCUT2D eigenvalue weighted by atomic mass is 16.5. The molecule has 2 rings (SSSR count). The average molecular weight is 278 g/mol. The van der Waals surface area contributed by atoms with E-state index in [-0.39, 0.29) is 5.41 Å². The van der Waals surface area contributed by atoms with Crippen LogP contribution in [0.1, 0.15) is 44.6 Å². The number of ether oxygens (including phenoxy) is 1. The van der Waals surface area contributed by atoms with Crippen molar-refractivity contribution in [2.75, 3.05) is 25.0 Å². The zero-order chi connectivity index (χ0) is 14.4. The molecule has 1 aromatic rings. The minimum atomic E-state index is 0.224. The Bertz CT molecular complexity index is 430. The first-order valence-electron chi connectivity index (χ1n) is 7.59. The van der Waals surface area contributed by atoms with Crippen LogP contribution in [0, 0.1) is 12.3 Å². The van der Waals surface area contributed by atoms with Crippen molar-refractivity contribution in [3.8, 4) is 5.88 Å². The van der Waals surface area contributed by atoms with Crippen LogP contribution in [0.3, 0.4) is 0 Å². The van der Waals surface area contributed by atoms with Crippen LogP contribution in [0.15, 0.2) is 6.33 Å². The predicted molar refractivity (Wildman–Crippen MR) is 81.0 cm³/mol. The molecule has 1 aliphatic carbocycles. The van der Waals surface area contributed by atoms with E-state index in [0.717, 1.165) is 24.5 Å². The zero-order valence-corrected chi connectivity index (χ0v) is 12.6. The molecule has 0 aliphatic heterocycles. The minimum Gasteiger partial charge on any atom is -0.478 e. The van der Waals surface area contributed by atoms with Crippen LogP contribution in [0.25, 0.3) is 0 Å². The standard InChI is InChI=1S/C15H26N4O/c1-3-20-14-12(2)13(18-11-19-14)17-10-15(9-16)7-5-4-6-8-15/h11H,3-10,16H2,1-2H3,(H,17,18,19). The van der Waals surface area contributed by atoms with E-state index in [0.29, 0.717) is 12.5 Å². The summed E-state index contributed by atoms with van der Waals surface area (Å²) >= 11 is 0. The van der Waals surface area contributed by atoms with E-state index in [4.69, 9.17) is 10.5 Å². The third kappa shape index (κ3) is 3.39. The van der Waals surface area contributed by atoms with Gasteiger partial charge in [0, 0.05) is 6.54 Å². The molecule has 0 spiro atoms. The summed E-state index contributed by atoms with van der Waals surface area (Å²) in [6.45, 7) is 6.18. The number of hydrogen-bond acceptors (Lipinski definition) is 5. The van der Waals surface area contributed by atoms with Crippen LogP contribution >= 0.6 is 0 Å². The van der Waals surface area contributed by atoms with E-state index < -0.39 is 0 Å². The monoisotopic (exact) mass is 278 g/mol. The Hall–Kier alpha value is -1.36. The first kappa shape index (κ1) is 15.0. The normalized spacial score (nSPS) is 17.8. The number of anilines is 1. The molecule has 1 aromatic heterocycles. The molecule has 0 atom stereocenters. The van der Waals surface area contributed by atoms with Crippen molar-refractivity contribution >= 4 is 5.82 Å². The van der Waals surface area contributed by atoms with E-state index in [2.05, 4.69) is 15.3 Å².